The first-order chi connectivity index (χ1) is 17.1. The van der Waals surface area contributed by atoms with Gasteiger partial charge >= 0.3 is 5.97 Å². The summed E-state index contributed by atoms with van der Waals surface area (Å²) in [6.07, 6.45) is 0. The van der Waals surface area contributed by atoms with E-state index in [1.807, 2.05) is 26.0 Å². The molecule has 2 fully saturated rings. The summed E-state index contributed by atoms with van der Waals surface area (Å²) in [5.74, 6) is 0.400. The summed E-state index contributed by atoms with van der Waals surface area (Å²) in [5.41, 5.74) is 2.93. The number of carbonyl (C=O) groups excluding carboxylic acids is 1. The molecule has 2 aliphatic rings. The Labute approximate surface area is 209 Å². The minimum Gasteiger partial charge on any atom is -0.478 e. The van der Waals surface area contributed by atoms with Crippen LogP contribution in [0.1, 0.15) is 34.5 Å². The highest BCUT2D eigenvalue weighted by molar-refractivity contribution is 5.94. The van der Waals surface area contributed by atoms with Crippen molar-refractivity contribution in [2.45, 2.75) is 19.9 Å². The van der Waals surface area contributed by atoms with Gasteiger partial charge in [-0.2, -0.15) is 0 Å². The molecule has 9 nitrogen and oxygen atoms in total. The highest BCUT2D eigenvalue weighted by Gasteiger charge is 2.60. The number of hydrogen-bond donors (Lipinski definition) is 2. The zero-order chi connectivity index (χ0) is 25.9. The summed E-state index contributed by atoms with van der Waals surface area (Å²) in [4.78, 5) is 46.3. The number of fused-ring (bicyclic) bond motifs is 2. The number of amides is 1. The van der Waals surface area contributed by atoms with Crippen molar-refractivity contribution in [3.8, 4) is 0 Å². The third kappa shape index (κ3) is 3.88. The summed E-state index contributed by atoms with van der Waals surface area (Å²) >= 11 is 0. The van der Waals surface area contributed by atoms with Gasteiger partial charge in [-0.1, -0.05) is 18.2 Å². The molecule has 4 atom stereocenters. The molecule has 0 spiro atoms. The molecule has 2 N–H and O–H groups in total. The number of para-hydroxylation sites is 1. The Kier molecular flexibility index (Phi) is 5.73. The lowest BCUT2D eigenvalue weighted by Crippen LogP contribution is -2.35. The summed E-state index contributed by atoms with van der Waals surface area (Å²) in [7, 11) is 5.32. The lowest BCUT2D eigenvalue weighted by atomic mass is 10.0. The molecule has 1 aliphatic carbocycles. The van der Waals surface area contributed by atoms with E-state index in [1.54, 1.807) is 54.9 Å². The number of carboxylic acids is 1. The van der Waals surface area contributed by atoms with Crippen LogP contribution in [0.15, 0.2) is 41.2 Å². The van der Waals surface area contributed by atoms with Gasteiger partial charge in [0.1, 0.15) is 0 Å². The number of nitrogens with zero attached hydrogens (tertiary/aromatic N) is 4. The van der Waals surface area contributed by atoms with Crippen LogP contribution in [0, 0.1) is 24.7 Å². The first-order valence-corrected chi connectivity index (χ1v) is 12.1. The standard InChI is InChI=1S/C27H31N5O4/c1-14-10-17(15(2)28-21-9-7-6-8-16(21)26(35)36)23-18(11-14)24(33)31(5)27(29-23)32-12-19-20(13-32)22(19)25(34)30(3)4/h6-11,15,19-20,22,28H,12-13H2,1-5H3,(H,35,36)/t15?,19-,20+,22-. The number of anilines is 2. The van der Waals surface area contributed by atoms with Crippen molar-refractivity contribution in [3.05, 3.63) is 63.4 Å². The first kappa shape index (κ1) is 23.8. The zero-order valence-electron chi connectivity index (χ0n) is 21.1. The van der Waals surface area contributed by atoms with Crippen molar-refractivity contribution in [3.63, 3.8) is 0 Å². The van der Waals surface area contributed by atoms with E-state index in [0.29, 0.717) is 35.6 Å². The fraction of sp³-hybridized carbons (Fsp3) is 0.407. The predicted molar refractivity (Wildman–Crippen MR) is 139 cm³/mol. The molecule has 36 heavy (non-hydrogen) atoms. The number of rotatable bonds is 6. The topological polar surface area (TPSA) is 108 Å². The monoisotopic (exact) mass is 489 g/mol. The maximum Gasteiger partial charge on any atom is 0.337 e. The second-order valence-corrected chi connectivity index (χ2v) is 10.2. The van der Waals surface area contributed by atoms with Gasteiger partial charge < -0.3 is 20.2 Å². The van der Waals surface area contributed by atoms with Crippen molar-refractivity contribution >= 4 is 34.4 Å². The zero-order valence-corrected chi connectivity index (χ0v) is 21.1. The Morgan fingerprint density at radius 2 is 1.83 bits per heavy atom. The van der Waals surface area contributed by atoms with Gasteiger partial charge in [0, 0.05) is 51.4 Å². The molecule has 1 aliphatic heterocycles. The van der Waals surface area contributed by atoms with E-state index in [2.05, 4.69) is 10.2 Å². The number of piperidine rings is 1. The number of carboxylic acid groups (broad SMARTS) is 1. The molecule has 2 heterocycles. The predicted octanol–water partition coefficient (Wildman–Crippen LogP) is 2.88. The van der Waals surface area contributed by atoms with Crippen molar-refractivity contribution in [1.29, 1.82) is 0 Å². The molecular formula is C27H31N5O4. The SMILES string of the molecule is Cc1cc(C(C)Nc2ccccc2C(=O)O)c2nc(N3C[C@@H]4[C@H](C3)[C@@H]4C(=O)N(C)C)n(C)c(=O)c2c1. The molecule has 188 valence electrons. The van der Waals surface area contributed by atoms with E-state index < -0.39 is 5.97 Å². The Bertz CT molecular complexity index is 1430. The average molecular weight is 490 g/mol. The van der Waals surface area contributed by atoms with Gasteiger partial charge in [-0.05, 0) is 49.4 Å². The second kappa shape index (κ2) is 8.65. The number of carbonyl (C=O) groups is 2. The largest absolute Gasteiger partial charge is 0.478 e. The molecule has 3 aromatic rings. The summed E-state index contributed by atoms with van der Waals surface area (Å²) in [6, 6.07) is 10.3. The maximum absolute atomic E-state index is 13.4. The fourth-order valence-corrected chi connectivity index (χ4v) is 5.61. The number of hydrogen-bond acceptors (Lipinski definition) is 6. The van der Waals surface area contributed by atoms with E-state index in [9.17, 15) is 19.5 Å². The lowest BCUT2D eigenvalue weighted by molar-refractivity contribution is -0.130. The van der Waals surface area contributed by atoms with Crippen molar-refractivity contribution in [2.75, 3.05) is 37.4 Å². The van der Waals surface area contributed by atoms with E-state index in [1.165, 1.54) is 0 Å². The highest BCUT2D eigenvalue weighted by Crippen LogP contribution is 2.53. The molecule has 2 aromatic carbocycles. The Morgan fingerprint density at radius 3 is 2.47 bits per heavy atom. The summed E-state index contributed by atoms with van der Waals surface area (Å²) in [5, 5.41) is 13.4. The van der Waals surface area contributed by atoms with Gasteiger partial charge in [-0.3, -0.25) is 14.2 Å². The molecule has 9 heteroatoms. The third-order valence-electron chi connectivity index (χ3n) is 7.53. The number of benzene rings is 2. The Hall–Kier alpha value is -3.88. The quantitative estimate of drug-likeness (QED) is 0.548. The summed E-state index contributed by atoms with van der Waals surface area (Å²) in [6.45, 7) is 5.27. The summed E-state index contributed by atoms with van der Waals surface area (Å²) < 4.78 is 1.59. The van der Waals surface area contributed by atoms with E-state index in [-0.39, 0.29) is 40.8 Å². The van der Waals surface area contributed by atoms with Crippen molar-refractivity contribution in [2.24, 2.45) is 24.8 Å². The van der Waals surface area contributed by atoms with Gasteiger partial charge in [0.2, 0.25) is 11.9 Å². The van der Waals surface area contributed by atoms with Crippen molar-refractivity contribution < 1.29 is 14.7 Å². The minimum absolute atomic E-state index is 0.0606. The van der Waals surface area contributed by atoms with Crippen LogP contribution in [-0.4, -0.2) is 58.6 Å². The van der Waals surface area contributed by atoms with Crippen LogP contribution >= 0.6 is 0 Å². The lowest BCUT2D eigenvalue weighted by Gasteiger charge is -2.25. The van der Waals surface area contributed by atoms with Crippen LogP contribution in [0.25, 0.3) is 10.9 Å². The Balaban J connectivity index is 1.51. The van der Waals surface area contributed by atoms with E-state index in [0.717, 1.165) is 11.1 Å². The smallest absolute Gasteiger partial charge is 0.337 e. The molecule has 0 bridgehead atoms. The van der Waals surface area contributed by atoms with Gasteiger partial charge in [0.05, 0.1) is 22.5 Å². The number of aromatic carboxylic acids is 1. The van der Waals surface area contributed by atoms with E-state index >= 15 is 0 Å². The number of aryl methyl sites for hydroxylation is 1. The number of aromatic nitrogens is 2. The molecule has 1 saturated carbocycles. The van der Waals surface area contributed by atoms with Crippen LogP contribution < -0.4 is 15.8 Å². The second-order valence-electron chi connectivity index (χ2n) is 10.2. The van der Waals surface area contributed by atoms with Crippen molar-refractivity contribution in [1.82, 2.24) is 14.5 Å². The first-order valence-electron chi connectivity index (χ1n) is 12.1. The van der Waals surface area contributed by atoms with Gasteiger partial charge in [0.25, 0.3) is 5.56 Å². The fourth-order valence-electron chi connectivity index (χ4n) is 5.61. The number of nitrogens with one attached hydrogen (secondary N) is 1. The third-order valence-corrected chi connectivity index (χ3v) is 7.53. The Morgan fingerprint density at radius 1 is 1.17 bits per heavy atom. The molecule has 1 amide bonds. The van der Waals surface area contributed by atoms with Crippen LogP contribution in [0.2, 0.25) is 0 Å². The van der Waals surface area contributed by atoms with Crippen LogP contribution in [0.4, 0.5) is 11.6 Å². The minimum atomic E-state index is -1.01. The molecule has 0 radical (unpaired) electrons. The molecule has 1 unspecified atom stereocenters. The van der Waals surface area contributed by atoms with Gasteiger partial charge in [-0.25, -0.2) is 9.78 Å². The maximum atomic E-state index is 13.4. The van der Waals surface area contributed by atoms with Gasteiger partial charge in [0.15, 0.2) is 0 Å². The molecular weight excluding hydrogens is 458 g/mol. The van der Waals surface area contributed by atoms with Crippen LogP contribution in [0.5, 0.6) is 0 Å². The normalized spacial score (nSPS) is 21.2. The molecule has 1 aromatic heterocycles. The van der Waals surface area contributed by atoms with Crippen LogP contribution in [-0.2, 0) is 11.8 Å². The van der Waals surface area contributed by atoms with Crippen LogP contribution in [0.3, 0.4) is 0 Å². The van der Waals surface area contributed by atoms with E-state index in [4.69, 9.17) is 4.98 Å². The molecule has 5 rings (SSSR count). The molecule has 1 saturated heterocycles. The average Bonchev–Trinajstić information content (AvgIpc) is 3.33. The van der Waals surface area contributed by atoms with Gasteiger partial charge in [-0.15, -0.1) is 0 Å². The highest BCUT2D eigenvalue weighted by atomic mass is 16.4.